The van der Waals surface area contributed by atoms with E-state index in [-0.39, 0.29) is 11.9 Å². The number of benzene rings is 2. The number of para-hydroxylation sites is 1. The van der Waals surface area contributed by atoms with Crippen LogP contribution in [0.1, 0.15) is 38.3 Å². The summed E-state index contributed by atoms with van der Waals surface area (Å²) >= 11 is 0. The number of methoxy groups -OCH3 is 1. The van der Waals surface area contributed by atoms with Crippen LogP contribution in [0, 0.1) is 5.41 Å². The van der Waals surface area contributed by atoms with Gasteiger partial charge in [-0.3, -0.25) is 9.59 Å². The van der Waals surface area contributed by atoms with E-state index >= 15 is 0 Å². The van der Waals surface area contributed by atoms with Gasteiger partial charge in [0.2, 0.25) is 5.91 Å². The second-order valence-corrected chi connectivity index (χ2v) is 7.86. The van der Waals surface area contributed by atoms with Crippen molar-refractivity contribution in [3.8, 4) is 5.75 Å². The zero-order valence-electron chi connectivity index (χ0n) is 16.6. The lowest BCUT2D eigenvalue weighted by Crippen LogP contribution is -2.35. The smallest absolute Gasteiger partial charge is 0.316 e. The molecule has 3 rings (SSSR count). The van der Waals surface area contributed by atoms with Gasteiger partial charge in [0.25, 0.3) is 0 Å². The zero-order valence-corrected chi connectivity index (χ0v) is 16.6. The number of hydrogen-bond donors (Lipinski definition) is 1. The van der Waals surface area contributed by atoms with Crippen LogP contribution in [0.15, 0.2) is 60.9 Å². The highest BCUT2D eigenvalue weighted by Crippen LogP contribution is 2.45. The number of carbonyl (C=O) groups excluding carboxylic acids is 2. The van der Waals surface area contributed by atoms with E-state index in [1.165, 1.54) is 6.26 Å². The van der Waals surface area contributed by atoms with Crippen LogP contribution in [0.5, 0.6) is 5.75 Å². The first-order chi connectivity index (χ1) is 13.3. The molecule has 28 heavy (non-hydrogen) atoms. The first kappa shape index (κ1) is 19.7. The van der Waals surface area contributed by atoms with Crippen molar-refractivity contribution in [2.24, 2.45) is 5.41 Å². The fourth-order valence-electron chi connectivity index (χ4n) is 3.31. The summed E-state index contributed by atoms with van der Waals surface area (Å²) in [6.45, 7) is 5.38. The van der Waals surface area contributed by atoms with Crippen LogP contribution in [-0.2, 0) is 19.7 Å². The predicted molar refractivity (Wildman–Crippen MR) is 108 cm³/mol. The molecule has 0 saturated heterocycles. The van der Waals surface area contributed by atoms with Crippen molar-refractivity contribution in [2.75, 3.05) is 12.4 Å². The lowest BCUT2D eigenvalue weighted by atomic mass is 9.73. The summed E-state index contributed by atoms with van der Waals surface area (Å²) in [4.78, 5) is 25.1. The van der Waals surface area contributed by atoms with Crippen molar-refractivity contribution in [1.82, 2.24) is 0 Å². The normalized spacial score (nSPS) is 18.6. The Bertz CT molecular complexity index is 909. The Labute approximate surface area is 165 Å². The molecule has 0 saturated carbocycles. The molecular formula is C23H25NO4. The number of rotatable bonds is 5. The van der Waals surface area contributed by atoms with Gasteiger partial charge in [-0.1, -0.05) is 30.3 Å². The Hall–Kier alpha value is -3.08. The molecule has 2 aromatic rings. The lowest BCUT2D eigenvalue weighted by Gasteiger charge is -2.27. The van der Waals surface area contributed by atoms with E-state index in [1.807, 2.05) is 48.5 Å². The van der Waals surface area contributed by atoms with Crippen LogP contribution in [0.2, 0.25) is 0 Å². The average molecular weight is 379 g/mol. The van der Waals surface area contributed by atoms with Gasteiger partial charge in [0.05, 0.1) is 18.8 Å². The average Bonchev–Trinajstić information content (AvgIpc) is 2.96. The molecule has 0 aliphatic carbocycles. The van der Waals surface area contributed by atoms with Crippen LogP contribution in [0.25, 0.3) is 0 Å². The van der Waals surface area contributed by atoms with Crippen LogP contribution >= 0.6 is 0 Å². The molecule has 0 bridgehead atoms. The standard InChI is InChI=1S/C23H25NO4/c1-22(2,3)21(26)28-15-7-14-23(16-10-12-17(27-4)13-11-16)18-8-5-6-9-19(18)24-20(23)25/h5-13,15H,14H2,1-4H3,(H,24,25)/b15-7+. The van der Waals surface area contributed by atoms with E-state index in [4.69, 9.17) is 9.47 Å². The lowest BCUT2D eigenvalue weighted by molar-refractivity contribution is -0.146. The molecule has 1 atom stereocenters. The number of carbonyl (C=O) groups is 2. The van der Waals surface area contributed by atoms with Crippen LogP contribution in [0.3, 0.4) is 0 Å². The van der Waals surface area contributed by atoms with E-state index in [0.717, 1.165) is 22.6 Å². The number of ether oxygens (including phenoxy) is 2. The van der Waals surface area contributed by atoms with Gasteiger partial charge in [0, 0.05) is 5.69 Å². The Kier molecular flexibility index (Phi) is 5.27. The Morgan fingerprint density at radius 2 is 1.79 bits per heavy atom. The fraction of sp³-hybridized carbons (Fsp3) is 0.304. The van der Waals surface area contributed by atoms with Crippen LogP contribution in [0.4, 0.5) is 5.69 Å². The third-order valence-electron chi connectivity index (χ3n) is 4.91. The number of amides is 1. The van der Waals surface area contributed by atoms with E-state index < -0.39 is 10.8 Å². The number of hydrogen-bond acceptors (Lipinski definition) is 4. The molecule has 1 amide bonds. The van der Waals surface area contributed by atoms with Crippen molar-refractivity contribution in [3.63, 3.8) is 0 Å². The molecule has 1 N–H and O–H groups in total. The van der Waals surface area contributed by atoms with E-state index in [2.05, 4.69) is 5.32 Å². The van der Waals surface area contributed by atoms with E-state index in [1.54, 1.807) is 34.0 Å². The molecule has 0 spiro atoms. The summed E-state index contributed by atoms with van der Waals surface area (Å²) < 4.78 is 10.5. The number of nitrogens with one attached hydrogen (secondary N) is 1. The molecule has 5 nitrogen and oxygen atoms in total. The molecular weight excluding hydrogens is 354 g/mol. The molecule has 0 fully saturated rings. The molecule has 5 heteroatoms. The number of anilines is 1. The van der Waals surface area contributed by atoms with Crippen molar-refractivity contribution < 1.29 is 19.1 Å². The Morgan fingerprint density at radius 1 is 1.11 bits per heavy atom. The van der Waals surface area contributed by atoms with E-state index in [9.17, 15) is 9.59 Å². The van der Waals surface area contributed by atoms with Crippen molar-refractivity contribution in [3.05, 3.63) is 72.0 Å². The minimum Gasteiger partial charge on any atom is -0.497 e. The van der Waals surface area contributed by atoms with Gasteiger partial charge in [0.1, 0.15) is 11.2 Å². The van der Waals surface area contributed by atoms with Gasteiger partial charge in [-0.05, 0) is 62.6 Å². The van der Waals surface area contributed by atoms with Crippen LogP contribution < -0.4 is 10.1 Å². The van der Waals surface area contributed by atoms with Gasteiger partial charge in [0.15, 0.2) is 0 Å². The summed E-state index contributed by atoms with van der Waals surface area (Å²) in [5.74, 6) is 0.296. The quantitative estimate of drug-likeness (QED) is 0.617. The van der Waals surface area contributed by atoms with Gasteiger partial charge in [-0.2, -0.15) is 0 Å². The maximum atomic E-state index is 13.1. The summed E-state index contributed by atoms with van der Waals surface area (Å²) in [6.07, 6.45) is 3.47. The number of allylic oxidation sites excluding steroid dienone is 1. The second-order valence-electron chi connectivity index (χ2n) is 7.86. The Morgan fingerprint density at radius 3 is 2.43 bits per heavy atom. The number of esters is 1. The fourth-order valence-corrected chi connectivity index (χ4v) is 3.31. The van der Waals surface area contributed by atoms with Crippen molar-refractivity contribution in [1.29, 1.82) is 0 Å². The molecule has 0 radical (unpaired) electrons. The molecule has 146 valence electrons. The van der Waals surface area contributed by atoms with Crippen molar-refractivity contribution >= 4 is 17.6 Å². The van der Waals surface area contributed by atoms with Gasteiger partial charge >= 0.3 is 5.97 Å². The summed E-state index contributed by atoms with van der Waals surface area (Å²) in [6, 6.07) is 15.1. The highest BCUT2D eigenvalue weighted by atomic mass is 16.5. The molecule has 1 aliphatic heterocycles. The molecule has 0 aromatic heterocycles. The maximum Gasteiger partial charge on any atom is 0.316 e. The highest BCUT2D eigenvalue weighted by Gasteiger charge is 2.47. The summed E-state index contributed by atoms with van der Waals surface area (Å²) in [5.41, 5.74) is 1.06. The Balaban J connectivity index is 1.97. The zero-order chi connectivity index (χ0) is 20.4. The molecule has 2 aromatic carbocycles. The molecule has 1 unspecified atom stereocenters. The SMILES string of the molecule is COc1ccc(C2(C/C=C/OC(=O)C(C)(C)C)C(=O)Nc3ccccc32)cc1. The highest BCUT2D eigenvalue weighted by molar-refractivity contribution is 6.08. The largest absolute Gasteiger partial charge is 0.497 e. The van der Waals surface area contributed by atoms with Crippen LogP contribution in [-0.4, -0.2) is 19.0 Å². The topological polar surface area (TPSA) is 64.6 Å². The minimum absolute atomic E-state index is 0.106. The summed E-state index contributed by atoms with van der Waals surface area (Å²) in [7, 11) is 1.61. The predicted octanol–water partition coefficient (Wildman–Crippen LogP) is 4.43. The van der Waals surface area contributed by atoms with E-state index in [0.29, 0.717) is 6.42 Å². The maximum absolute atomic E-state index is 13.1. The summed E-state index contributed by atoms with van der Waals surface area (Å²) in [5, 5.41) is 2.98. The second kappa shape index (κ2) is 7.50. The van der Waals surface area contributed by atoms with Gasteiger partial charge < -0.3 is 14.8 Å². The van der Waals surface area contributed by atoms with Gasteiger partial charge in [-0.15, -0.1) is 0 Å². The third-order valence-corrected chi connectivity index (χ3v) is 4.91. The van der Waals surface area contributed by atoms with Gasteiger partial charge in [-0.25, -0.2) is 0 Å². The van der Waals surface area contributed by atoms with Crippen molar-refractivity contribution in [2.45, 2.75) is 32.6 Å². The first-order valence-corrected chi connectivity index (χ1v) is 9.20. The third kappa shape index (κ3) is 3.52. The number of fused-ring (bicyclic) bond motifs is 1. The first-order valence-electron chi connectivity index (χ1n) is 9.20. The monoisotopic (exact) mass is 379 g/mol. The minimum atomic E-state index is -0.895. The molecule has 1 aliphatic rings. The molecule has 1 heterocycles.